The van der Waals surface area contributed by atoms with Gasteiger partial charge < -0.3 is 25.7 Å². The second kappa shape index (κ2) is 11.3. The minimum absolute atomic E-state index is 0. The summed E-state index contributed by atoms with van der Waals surface area (Å²) in [5.41, 5.74) is 6.89. The van der Waals surface area contributed by atoms with E-state index < -0.39 is 5.91 Å². The summed E-state index contributed by atoms with van der Waals surface area (Å²) < 4.78 is 5.31. The van der Waals surface area contributed by atoms with Crippen molar-refractivity contribution in [2.45, 2.75) is 13.0 Å². The van der Waals surface area contributed by atoms with Gasteiger partial charge in [0.1, 0.15) is 5.76 Å². The summed E-state index contributed by atoms with van der Waals surface area (Å²) in [5, 5.41) is 6.30. The summed E-state index contributed by atoms with van der Waals surface area (Å²) in [7, 11) is 5.14. The molecule has 0 radical (unpaired) electrons. The third kappa shape index (κ3) is 6.87. The van der Waals surface area contributed by atoms with Gasteiger partial charge in [-0.3, -0.25) is 14.6 Å². The minimum Gasteiger partial charge on any atom is -0.454 e. The first-order chi connectivity index (χ1) is 12.9. The first kappa shape index (κ1) is 23.5. The summed E-state index contributed by atoms with van der Waals surface area (Å²) in [6, 6.07) is 10.8. The predicted octanol–water partition coefficient (Wildman–Crippen LogP) is 1.61. The van der Waals surface area contributed by atoms with Crippen LogP contribution in [0.15, 0.2) is 45.8 Å². The number of furan rings is 1. The summed E-state index contributed by atoms with van der Waals surface area (Å²) in [5.74, 6) is 0.700. The Morgan fingerprint density at radius 1 is 1.18 bits per heavy atom. The van der Waals surface area contributed by atoms with Crippen LogP contribution in [0.3, 0.4) is 0 Å². The molecule has 0 saturated carbocycles. The molecular weight excluding hydrogens is 473 g/mol. The van der Waals surface area contributed by atoms with Crippen molar-refractivity contribution >= 4 is 41.8 Å². The summed E-state index contributed by atoms with van der Waals surface area (Å²) >= 11 is 0. The fraction of sp³-hybridized carbons (Fsp3) is 0.316. The lowest BCUT2D eigenvalue weighted by Crippen LogP contribution is -2.37. The molecular formula is C19H26IN5O3. The normalized spacial score (nSPS) is 10.8. The molecule has 1 aromatic heterocycles. The number of nitrogens with zero attached hydrogens (tertiary/aromatic N) is 2. The van der Waals surface area contributed by atoms with Crippen molar-refractivity contribution in [3.8, 4) is 0 Å². The van der Waals surface area contributed by atoms with Gasteiger partial charge in [-0.05, 0) is 36.2 Å². The molecule has 1 aromatic carbocycles. The van der Waals surface area contributed by atoms with Gasteiger partial charge in [0.15, 0.2) is 11.7 Å². The van der Waals surface area contributed by atoms with Gasteiger partial charge in [0, 0.05) is 33.3 Å². The van der Waals surface area contributed by atoms with Crippen molar-refractivity contribution in [3.63, 3.8) is 0 Å². The van der Waals surface area contributed by atoms with Crippen molar-refractivity contribution in [1.82, 2.24) is 15.5 Å². The van der Waals surface area contributed by atoms with E-state index in [-0.39, 0.29) is 35.6 Å². The number of halogens is 1. The zero-order valence-electron chi connectivity index (χ0n) is 16.2. The molecule has 8 nitrogen and oxygen atoms in total. The minimum atomic E-state index is -0.598. The number of rotatable bonds is 7. The SMILES string of the molecule is CN=C(NCCc1cccc(C(=O)N(C)C)c1)NCc1ccc(C(N)=O)o1.I. The Morgan fingerprint density at radius 3 is 2.54 bits per heavy atom. The van der Waals surface area contributed by atoms with E-state index in [2.05, 4.69) is 15.6 Å². The lowest BCUT2D eigenvalue weighted by Gasteiger charge is -2.13. The topological polar surface area (TPSA) is 113 Å². The number of nitrogens with one attached hydrogen (secondary N) is 2. The molecule has 0 aliphatic heterocycles. The molecule has 28 heavy (non-hydrogen) atoms. The van der Waals surface area contributed by atoms with Crippen LogP contribution >= 0.6 is 24.0 Å². The lowest BCUT2D eigenvalue weighted by molar-refractivity contribution is 0.0827. The van der Waals surface area contributed by atoms with Gasteiger partial charge in [0.05, 0.1) is 6.54 Å². The van der Waals surface area contributed by atoms with Crippen LogP contribution in [0.5, 0.6) is 0 Å². The number of hydrogen-bond acceptors (Lipinski definition) is 4. The van der Waals surface area contributed by atoms with Crippen LogP contribution in [0.1, 0.15) is 32.2 Å². The first-order valence-corrected chi connectivity index (χ1v) is 8.54. The molecule has 1 heterocycles. The number of primary amides is 1. The number of nitrogens with two attached hydrogens (primary N) is 1. The molecule has 9 heteroatoms. The van der Waals surface area contributed by atoms with Crippen molar-refractivity contribution < 1.29 is 14.0 Å². The Hall–Kier alpha value is -2.56. The quantitative estimate of drug-likeness (QED) is 0.305. The molecule has 4 N–H and O–H groups in total. The van der Waals surface area contributed by atoms with Gasteiger partial charge >= 0.3 is 0 Å². The average Bonchev–Trinajstić information content (AvgIpc) is 3.13. The van der Waals surface area contributed by atoms with Crippen molar-refractivity contribution in [2.24, 2.45) is 10.7 Å². The lowest BCUT2D eigenvalue weighted by atomic mass is 10.1. The maximum Gasteiger partial charge on any atom is 0.284 e. The van der Waals surface area contributed by atoms with E-state index in [1.54, 1.807) is 32.1 Å². The molecule has 2 rings (SSSR count). The fourth-order valence-corrected chi connectivity index (χ4v) is 2.44. The largest absolute Gasteiger partial charge is 0.454 e. The highest BCUT2D eigenvalue weighted by atomic mass is 127. The van der Waals surface area contributed by atoms with E-state index in [4.69, 9.17) is 10.2 Å². The zero-order chi connectivity index (χ0) is 19.8. The van der Waals surface area contributed by atoms with E-state index >= 15 is 0 Å². The van der Waals surface area contributed by atoms with Gasteiger partial charge in [-0.25, -0.2) is 0 Å². The first-order valence-electron chi connectivity index (χ1n) is 8.54. The third-order valence-electron chi connectivity index (χ3n) is 3.84. The number of aliphatic imine (C=N–C) groups is 1. The van der Waals surface area contributed by atoms with Crippen LogP contribution in [0.2, 0.25) is 0 Å². The molecule has 0 aliphatic rings. The van der Waals surface area contributed by atoms with E-state index in [0.29, 0.717) is 30.4 Å². The summed E-state index contributed by atoms with van der Waals surface area (Å²) in [6.07, 6.45) is 0.738. The second-order valence-corrected chi connectivity index (χ2v) is 6.13. The van der Waals surface area contributed by atoms with Crippen LogP contribution < -0.4 is 16.4 Å². The number of carbonyl (C=O) groups excluding carboxylic acids is 2. The molecule has 2 aromatic rings. The maximum atomic E-state index is 12.0. The van der Waals surface area contributed by atoms with E-state index in [1.165, 1.54) is 6.07 Å². The van der Waals surface area contributed by atoms with Gasteiger partial charge in [-0.2, -0.15) is 0 Å². The van der Waals surface area contributed by atoms with Gasteiger partial charge in [-0.1, -0.05) is 12.1 Å². The summed E-state index contributed by atoms with van der Waals surface area (Å²) in [4.78, 5) is 28.8. The Kier molecular flexibility index (Phi) is 9.49. The van der Waals surface area contributed by atoms with Crippen LogP contribution in [-0.2, 0) is 13.0 Å². The van der Waals surface area contributed by atoms with Crippen molar-refractivity contribution in [3.05, 3.63) is 59.0 Å². The van der Waals surface area contributed by atoms with Crippen LogP contribution in [-0.4, -0.2) is 50.4 Å². The average molecular weight is 499 g/mol. The highest BCUT2D eigenvalue weighted by Gasteiger charge is 2.09. The Bertz CT molecular complexity index is 832. The summed E-state index contributed by atoms with van der Waals surface area (Å²) in [6.45, 7) is 1.02. The van der Waals surface area contributed by atoms with Crippen LogP contribution in [0.25, 0.3) is 0 Å². The van der Waals surface area contributed by atoms with E-state index in [1.807, 2.05) is 24.3 Å². The molecule has 0 fully saturated rings. The van der Waals surface area contributed by atoms with Crippen LogP contribution in [0.4, 0.5) is 0 Å². The Labute approximate surface area is 181 Å². The van der Waals surface area contributed by atoms with Crippen molar-refractivity contribution in [1.29, 1.82) is 0 Å². The number of hydrogen-bond donors (Lipinski definition) is 3. The molecule has 0 saturated heterocycles. The van der Waals surface area contributed by atoms with Crippen molar-refractivity contribution in [2.75, 3.05) is 27.7 Å². The predicted molar refractivity (Wildman–Crippen MR) is 119 cm³/mol. The molecule has 0 unspecified atom stereocenters. The Balaban J connectivity index is 0.00000392. The molecule has 0 spiro atoms. The Morgan fingerprint density at radius 2 is 1.93 bits per heavy atom. The highest BCUT2D eigenvalue weighted by Crippen LogP contribution is 2.08. The zero-order valence-corrected chi connectivity index (χ0v) is 18.5. The smallest absolute Gasteiger partial charge is 0.284 e. The molecule has 0 bridgehead atoms. The number of carbonyl (C=O) groups is 2. The van der Waals surface area contributed by atoms with Gasteiger partial charge in [0.25, 0.3) is 11.8 Å². The number of benzene rings is 1. The fourth-order valence-electron chi connectivity index (χ4n) is 2.44. The standard InChI is InChI=1S/C19H25N5O3.HI/c1-21-19(23-12-15-7-8-16(27-15)17(20)25)22-10-9-13-5-4-6-14(11-13)18(26)24(2)3;/h4-8,11H,9-10,12H2,1-3H3,(H2,20,25)(H2,21,22,23);1H. The highest BCUT2D eigenvalue weighted by molar-refractivity contribution is 14.0. The van der Waals surface area contributed by atoms with Gasteiger partial charge in [0.2, 0.25) is 0 Å². The third-order valence-corrected chi connectivity index (χ3v) is 3.84. The molecule has 0 atom stereocenters. The van der Waals surface area contributed by atoms with Gasteiger partial charge in [-0.15, -0.1) is 24.0 Å². The molecule has 152 valence electrons. The van der Waals surface area contributed by atoms with E-state index in [9.17, 15) is 9.59 Å². The second-order valence-electron chi connectivity index (χ2n) is 6.13. The number of amides is 2. The monoisotopic (exact) mass is 499 g/mol. The molecule has 0 aliphatic carbocycles. The number of guanidine groups is 1. The van der Waals surface area contributed by atoms with Crippen LogP contribution in [0, 0.1) is 0 Å². The molecule has 2 amide bonds. The van der Waals surface area contributed by atoms with E-state index in [0.717, 1.165) is 12.0 Å². The maximum absolute atomic E-state index is 12.0.